The highest BCUT2D eigenvalue weighted by Crippen LogP contribution is 2.21. The van der Waals surface area contributed by atoms with Crippen molar-refractivity contribution in [1.82, 2.24) is 9.88 Å². The van der Waals surface area contributed by atoms with E-state index in [1.54, 1.807) is 13.2 Å². The van der Waals surface area contributed by atoms with Gasteiger partial charge in [-0.2, -0.15) is 0 Å². The number of hydrogen-bond acceptors (Lipinski definition) is 3. The predicted octanol–water partition coefficient (Wildman–Crippen LogP) is 3.35. The van der Waals surface area contributed by atoms with Crippen molar-refractivity contribution in [3.05, 3.63) is 70.2 Å². The molecule has 0 aliphatic carbocycles. The Balaban J connectivity index is 1.42. The molecule has 0 bridgehead atoms. The van der Waals surface area contributed by atoms with Crippen LogP contribution < -0.4 is 10.3 Å². The summed E-state index contributed by atoms with van der Waals surface area (Å²) >= 11 is 0. The largest absolute Gasteiger partial charge is 0.497 e. The van der Waals surface area contributed by atoms with Crippen molar-refractivity contribution in [2.24, 2.45) is 5.92 Å². The minimum Gasteiger partial charge on any atom is -0.497 e. The van der Waals surface area contributed by atoms with Gasteiger partial charge in [-0.25, -0.2) is 0 Å². The Morgan fingerprint density at radius 3 is 2.56 bits per heavy atom. The Morgan fingerprint density at radius 1 is 1.16 bits per heavy atom. The average Bonchev–Trinajstić information content (AvgIpc) is 2.66. The number of benzene rings is 1. The molecule has 1 aliphatic heterocycles. The highest BCUT2D eigenvalue weighted by atomic mass is 16.5. The fourth-order valence-corrected chi connectivity index (χ4v) is 3.33. The first-order chi connectivity index (χ1) is 12.2. The minimum absolute atomic E-state index is 0.0257. The number of hydrogen-bond donors (Lipinski definition) is 1. The monoisotopic (exact) mass is 338 g/mol. The van der Waals surface area contributed by atoms with Crippen LogP contribution in [0, 0.1) is 5.92 Å². The average molecular weight is 338 g/mol. The number of nitrogens with one attached hydrogen (secondary N) is 1. The lowest BCUT2D eigenvalue weighted by atomic mass is 9.91. The Hall–Kier alpha value is -2.33. The molecule has 1 fully saturated rings. The number of methoxy groups -OCH3 is 1. The zero-order valence-electron chi connectivity index (χ0n) is 14.8. The van der Waals surface area contributed by atoms with Crippen LogP contribution in [0.4, 0.5) is 0 Å². The second kappa shape index (κ2) is 8.67. The number of likely N-dealkylation sites (tertiary alicyclic amines) is 1. The molecule has 1 saturated heterocycles. The molecule has 2 aromatic rings. The Morgan fingerprint density at radius 2 is 1.92 bits per heavy atom. The zero-order valence-corrected chi connectivity index (χ0v) is 14.8. The number of nitrogens with zero attached hydrogens (tertiary/aromatic N) is 1. The molecule has 0 amide bonds. The maximum absolute atomic E-state index is 11.1. The van der Waals surface area contributed by atoms with Gasteiger partial charge in [-0.3, -0.25) is 9.69 Å². The number of aromatic amines is 1. The Kier molecular flexibility index (Phi) is 6.07. The lowest BCUT2D eigenvalue weighted by molar-refractivity contribution is 0.200. The minimum atomic E-state index is -0.0257. The Labute approximate surface area is 149 Å². The highest BCUT2D eigenvalue weighted by Gasteiger charge is 2.18. The van der Waals surface area contributed by atoms with Crippen LogP contribution in [-0.4, -0.2) is 36.6 Å². The number of H-pyrrole nitrogens is 1. The summed E-state index contributed by atoms with van der Waals surface area (Å²) < 4.78 is 5.18. The SMILES string of the molecule is COc1ccc(/C=C/CN2CCC(Cc3ccc(=O)[nH]c3)CC2)cc1. The van der Waals surface area contributed by atoms with E-state index in [-0.39, 0.29) is 5.56 Å². The van der Waals surface area contributed by atoms with Crippen molar-refractivity contribution < 1.29 is 4.74 Å². The standard InChI is InChI=1S/C21H26N2O2/c1-25-20-7-4-17(5-8-20)3-2-12-23-13-10-18(11-14-23)15-19-6-9-21(24)22-16-19/h2-9,16,18H,10-15H2,1H3,(H,22,24)/b3-2+. The van der Waals surface area contributed by atoms with Crippen LogP contribution in [0.3, 0.4) is 0 Å². The van der Waals surface area contributed by atoms with Gasteiger partial charge >= 0.3 is 0 Å². The van der Waals surface area contributed by atoms with Crippen molar-refractivity contribution in [1.29, 1.82) is 0 Å². The molecule has 132 valence electrons. The normalized spacial score (nSPS) is 16.4. The molecule has 3 rings (SSSR count). The van der Waals surface area contributed by atoms with Gasteiger partial charge in [-0.05, 0) is 61.5 Å². The quantitative estimate of drug-likeness (QED) is 0.878. The van der Waals surface area contributed by atoms with Gasteiger partial charge in [0.1, 0.15) is 5.75 Å². The second-order valence-corrected chi connectivity index (χ2v) is 6.68. The third-order valence-corrected chi connectivity index (χ3v) is 4.87. The van der Waals surface area contributed by atoms with Crippen LogP contribution >= 0.6 is 0 Å². The van der Waals surface area contributed by atoms with Gasteiger partial charge in [0, 0.05) is 18.8 Å². The maximum Gasteiger partial charge on any atom is 0.247 e. The van der Waals surface area contributed by atoms with E-state index in [9.17, 15) is 4.79 Å². The smallest absolute Gasteiger partial charge is 0.247 e. The van der Waals surface area contributed by atoms with E-state index in [0.29, 0.717) is 5.92 Å². The highest BCUT2D eigenvalue weighted by molar-refractivity contribution is 5.50. The molecule has 1 aromatic heterocycles. The molecule has 4 heteroatoms. The molecule has 0 radical (unpaired) electrons. The topological polar surface area (TPSA) is 45.3 Å². The van der Waals surface area contributed by atoms with E-state index in [2.05, 4.69) is 34.2 Å². The van der Waals surface area contributed by atoms with Gasteiger partial charge in [0.2, 0.25) is 5.56 Å². The summed E-state index contributed by atoms with van der Waals surface area (Å²) in [5, 5.41) is 0. The molecule has 4 nitrogen and oxygen atoms in total. The third kappa shape index (κ3) is 5.33. The predicted molar refractivity (Wildman–Crippen MR) is 102 cm³/mol. The van der Waals surface area contributed by atoms with Gasteiger partial charge in [0.25, 0.3) is 0 Å². The molecule has 2 heterocycles. The molecule has 0 spiro atoms. The van der Waals surface area contributed by atoms with E-state index in [0.717, 1.165) is 31.8 Å². The number of piperidine rings is 1. The summed E-state index contributed by atoms with van der Waals surface area (Å²) in [5.74, 6) is 1.61. The number of rotatable bonds is 6. The summed E-state index contributed by atoms with van der Waals surface area (Å²) in [5.41, 5.74) is 2.41. The van der Waals surface area contributed by atoms with E-state index in [4.69, 9.17) is 4.74 Å². The first-order valence-electron chi connectivity index (χ1n) is 8.93. The zero-order chi connectivity index (χ0) is 17.5. The molecule has 1 N–H and O–H groups in total. The third-order valence-electron chi connectivity index (χ3n) is 4.87. The number of ether oxygens (including phenoxy) is 1. The van der Waals surface area contributed by atoms with Gasteiger partial charge in [-0.1, -0.05) is 30.4 Å². The lowest BCUT2D eigenvalue weighted by Crippen LogP contribution is -2.34. The lowest BCUT2D eigenvalue weighted by Gasteiger charge is -2.31. The summed E-state index contributed by atoms with van der Waals surface area (Å²) in [7, 11) is 1.69. The first-order valence-corrected chi connectivity index (χ1v) is 8.93. The first kappa shape index (κ1) is 17.5. The molecule has 0 unspecified atom stereocenters. The molecule has 1 aliphatic rings. The maximum atomic E-state index is 11.1. The fraction of sp³-hybridized carbons (Fsp3) is 0.381. The second-order valence-electron chi connectivity index (χ2n) is 6.68. The van der Waals surface area contributed by atoms with Crippen molar-refractivity contribution in [2.45, 2.75) is 19.3 Å². The van der Waals surface area contributed by atoms with Crippen LogP contribution in [0.5, 0.6) is 5.75 Å². The van der Waals surface area contributed by atoms with E-state index >= 15 is 0 Å². The van der Waals surface area contributed by atoms with Crippen LogP contribution in [0.25, 0.3) is 6.08 Å². The molecule has 1 aromatic carbocycles. The Bertz CT molecular complexity index is 721. The van der Waals surface area contributed by atoms with Gasteiger partial charge in [0.05, 0.1) is 7.11 Å². The van der Waals surface area contributed by atoms with Crippen LogP contribution in [-0.2, 0) is 6.42 Å². The molecule has 0 saturated carbocycles. The summed E-state index contributed by atoms with van der Waals surface area (Å²) in [6.07, 6.45) is 9.76. The van der Waals surface area contributed by atoms with Gasteiger partial charge < -0.3 is 9.72 Å². The van der Waals surface area contributed by atoms with E-state index < -0.39 is 0 Å². The van der Waals surface area contributed by atoms with E-state index in [1.807, 2.05) is 24.4 Å². The molecule has 0 atom stereocenters. The van der Waals surface area contributed by atoms with E-state index in [1.165, 1.54) is 24.0 Å². The number of aromatic nitrogens is 1. The summed E-state index contributed by atoms with van der Waals surface area (Å²) in [6.45, 7) is 3.28. The van der Waals surface area contributed by atoms with Crippen molar-refractivity contribution >= 4 is 6.08 Å². The summed E-state index contributed by atoms with van der Waals surface area (Å²) in [4.78, 5) is 16.4. The van der Waals surface area contributed by atoms with Crippen LogP contribution in [0.1, 0.15) is 24.0 Å². The fourth-order valence-electron chi connectivity index (χ4n) is 3.33. The van der Waals surface area contributed by atoms with Gasteiger partial charge in [0.15, 0.2) is 0 Å². The van der Waals surface area contributed by atoms with Crippen molar-refractivity contribution in [3.63, 3.8) is 0 Å². The molecular formula is C21H26N2O2. The molecular weight excluding hydrogens is 312 g/mol. The van der Waals surface area contributed by atoms with Crippen LogP contribution in [0.15, 0.2) is 53.5 Å². The van der Waals surface area contributed by atoms with Crippen molar-refractivity contribution in [2.75, 3.05) is 26.7 Å². The molecule has 25 heavy (non-hydrogen) atoms. The van der Waals surface area contributed by atoms with Crippen molar-refractivity contribution in [3.8, 4) is 5.75 Å². The number of pyridine rings is 1. The van der Waals surface area contributed by atoms with Gasteiger partial charge in [-0.15, -0.1) is 0 Å². The summed E-state index contributed by atoms with van der Waals surface area (Å²) in [6, 6.07) is 11.7. The van der Waals surface area contributed by atoms with Crippen LogP contribution in [0.2, 0.25) is 0 Å².